The Kier molecular flexibility index (Phi) is 3.68. The summed E-state index contributed by atoms with van der Waals surface area (Å²) in [5.41, 5.74) is 0. The van der Waals surface area contributed by atoms with E-state index in [1.165, 1.54) is 19.3 Å². The van der Waals surface area contributed by atoms with Crippen LogP contribution in [0.4, 0.5) is 0 Å². The van der Waals surface area contributed by atoms with Gasteiger partial charge in [0, 0.05) is 31.5 Å². The summed E-state index contributed by atoms with van der Waals surface area (Å²) in [6, 6.07) is 1.22. The van der Waals surface area contributed by atoms with E-state index < -0.39 is 0 Å². The smallest absolute Gasteiger partial charge is 0.135 e. The quantitative estimate of drug-likeness (QED) is 0.681. The number of carbonyl (C=O) groups is 1. The fourth-order valence-corrected chi connectivity index (χ4v) is 3.39. The number of Topliss-reactive ketones (excluding diaryl/α,β-unsaturated/α-hetero) is 1. The van der Waals surface area contributed by atoms with Gasteiger partial charge in [-0.15, -0.1) is 0 Å². The van der Waals surface area contributed by atoms with Gasteiger partial charge in [0.15, 0.2) is 0 Å². The molecule has 2 nitrogen and oxygen atoms in total. The van der Waals surface area contributed by atoms with Crippen LogP contribution in [0.2, 0.25) is 0 Å². The Bertz CT molecular complexity index is 263. The number of rotatable bonds is 1. The molecule has 0 aromatic heterocycles. The zero-order valence-electron chi connectivity index (χ0n) is 10.9. The van der Waals surface area contributed by atoms with Gasteiger partial charge in [-0.05, 0) is 38.0 Å². The molecule has 1 heterocycles. The molecule has 4 unspecified atom stereocenters. The summed E-state index contributed by atoms with van der Waals surface area (Å²) in [5, 5.41) is 0. The van der Waals surface area contributed by atoms with Gasteiger partial charge in [0.2, 0.25) is 0 Å². The fraction of sp³-hybridized carbons (Fsp3) is 0.929. The summed E-state index contributed by atoms with van der Waals surface area (Å²) in [4.78, 5) is 14.0. The lowest BCUT2D eigenvalue weighted by atomic mass is 9.78. The van der Waals surface area contributed by atoms with Gasteiger partial charge in [0.1, 0.15) is 5.78 Å². The number of hydrogen-bond acceptors (Lipinski definition) is 2. The number of likely N-dealkylation sites (tertiary alicyclic amines) is 1. The Labute approximate surface area is 99.4 Å². The van der Waals surface area contributed by atoms with Crippen LogP contribution < -0.4 is 0 Å². The molecule has 1 aliphatic carbocycles. The van der Waals surface area contributed by atoms with Gasteiger partial charge in [-0.25, -0.2) is 0 Å². The lowest BCUT2D eigenvalue weighted by Gasteiger charge is -2.43. The largest absolute Gasteiger partial charge is 0.300 e. The van der Waals surface area contributed by atoms with Crippen molar-refractivity contribution in [2.75, 3.05) is 6.54 Å². The van der Waals surface area contributed by atoms with E-state index in [9.17, 15) is 4.79 Å². The maximum absolute atomic E-state index is 11.4. The predicted octanol–water partition coefficient (Wildman–Crippen LogP) is 2.86. The first-order valence-electron chi connectivity index (χ1n) is 6.85. The number of piperidine rings is 1. The fourth-order valence-electron chi connectivity index (χ4n) is 3.39. The molecule has 1 saturated carbocycles. The van der Waals surface area contributed by atoms with Crippen molar-refractivity contribution in [3.63, 3.8) is 0 Å². The zero-order chi connectivity index (χ0) is 11.7. The normalized spacial score (nSPS) is 42.3. The molecule has 0 amide bonds. The number of ketones is 1. The van der Waals surface area contributed by atoms with Gasteiger partial charge in [-0.1, -0.05) is 13.8 Å². The molecule has 0 N–H and O–H groups in total. The summed E-state index contributed by atoms with van der Waals surface area (Å²) < 4.78 is 0. The van der Waals surface area contributed by atoms with E-state index >= 15 is 0 Å². The summed E-state index contributed by atoms with van der Waals surface area (Å²) >= 11 is 0. The summed E-state index contributed by atoms with van der Waals surface area (Å²) in [6.07, 6.45) is 5.60. The van der Waals surface area contributed by atoms with E-state index in [2.05, 4.69) is 25.7 Å². The molecule has 0 spiro atoms. The second kappa shape index (κ2) is 4.87. The average molecular weight is 223 g/mol. The third kappa shape index (κ3) is 2.48. The van der Waals surface area contributed by atoms with Crippen molar-refractivity contribution in [2.45, 2.75) is 65.0 Å². The second-order valence-electron chi connectivity index (χ2n) is 6.00. The van der Waals surface area contributed by atoms with Gasteiger partial charge in [0.25, 0.3) is 0 Å². The van der Waals surface area contributed by atoms with E-state index in [4.69, 9.17) is 0 Å². The van der Waals surface area contributed by atoms with Crippen molar-refractivity contribution >= 4 is 5.78 Å². The molecule has 1 aliphatic heterocycles. The third-order valence-electron chi connectivity index (χ3n) is 4.78. The van der Waals surface area contributed by atoms with Crippen molar-refractivity contribution in [2.24, 2.45) is 11.8 Å². The minimum atomic E-state index is 0.459. The zero-order valence-corrected chi connectivity index (χ0v) is 10.9. The van der Waals surface area contributed by atoms with Crippen LogP contribution in [-0.2, 0) is 4.79 Å². The summed E-state index contributed by atoms with van der Waals surface area (Å²) in [5.74, 6) is 2.20. The molecule has 2 heteroatoms. The van der Waals surface area contributed by atoms with Gasteiger partial charge < -0.3 is 0 Å². The molecule has 1 saturated heterocycles. The standard InChI is InChI=1S/C14H25NO/c1-10-4-5-13(8-11(10)2)15-7-6-14(16)9-12(15)3/h10-13H,4-9H2,1-3H3. The van der Waals surface area contributed by atoms with Crippen LogP contribution in [0.3, 0.4) is 0 Å². The van der Waals surface area contributed by atoms with Crippen LogP contribution in [0.1, 0.15) is 52.9 Å². The van der Waals surface area contributed by atoms with E-state index in [1.54, 1.807) is 0 Å². The lowest BCUT2D eigenvalue weighted by Crippen LogP contribution is -2.49. The molecule has 16 heavy (non-hydrogen) atoms. The van der Waals surface area contributed by atoms with Crippen molar-refractivity contribution in [3.8, 4) is 0 Å². The van der Waals surface area contributed by atoms with E-state index in [0.29, 0.717) is 11.8 Å². The molecular weight excluding hydrogens is 198 g/mol. The molecule has 4 atom stereocenters. The molecule has 2 fully saturated rings. The molecular formula is C14H25NO. The molecule has 0 bridgehead atoms. The Balaban J connectivity index is 1.94. The predicted molar refractivity (Wildman–Crippen MR) is 66.4 cm³/mol. The van der Waals surface area contributed by atoms with Crippen molar-refractivity contribution in [3.05, 3.63) is 0 Å². The summed E-state index contributed by atoms with van der Waals surface area (Å²) in [6.45, 7) is 7.99. The van der Waals surface area contributed by atoms with Gasteiger partial charge in [-0.3, -0.25) is 9.69 Å². The van der Waals surface area contributed by atoms with Crippen molar-refractivity contribution in [1.82, 2.24) is 4.90 Å². The van der Waals surface area contributed by atoms with Crippen LogP contribution >= 0.6 is 0 Å². The lowest BCUT2D eigenvalue weighted by molar-refractivity contribution is -0.124. The van der Waals surface area contributed by atoms with Crippen molar-refractivity contribution in [1.29, 1.82) is 0 Å². The molecule has 2 aliphatic rings. The molecule has 0 aromatic carbocycles. The van der Waals surface area contributed by atoms with E-state index in [0.717, 1.165) is 37.3 Å². The first kappa shape index (κ1) is 12.1. The third-order valence-corrected chi connectivity index (χ3v) is 4.78. The van der Waals surface area contributed by atoms with Crippen LogP contribution in [0.15, 0.2) is 0 Å². The van der Waals surface area contributed by atoms with Gasteiger partial charge in [-0.2, -0.15) is 0 Å². The maximum Gasteiger partial charge on any atom is 0.135 e. The first-order valence-corrected chi connectivity index (χ1v) is 6.85. The van der Waals surface area contributed by atoms with Gasteiger partial charge in [0.05, 0.1) is 0 Å². The van der Waals surface area contributed by atoms with Crippen LogP contribution in [0.25, 0.3) is 0 Å². The summed E-state index contributed by atoms with van der Waals surface area (Å²) in [7, 11) is 0. The molecule has 92 valence electrons. The Morgan fingerprint density at radius 2 is 1.88 bits per heavy atom. The highest BCUT2D eigenvalue weighted by Gasteiger charge is 2.33. The molecule has 0 radical (unpaired) electrons. The number of carbonyl (C=O) groups excluding carboxylic acids is 1. The van der Waals surface area contributed by atoms with Crippen LogP contribution in [-0.4, -0.2) is 29.3 Å². The molecule has 2 rings (SSSR count). The monoisotopic (exact) mass is 223 g/mol. The van der Waals surface area contributed by atoms with E-state index in [-0.39, 0.29) is 0 Å². The molecule has 0 aromatic rings. The van der Waals surface area contributed by atoms with E-state index in [1.807, 2.05) is 0 Å². The number of nitrogens with zero attached hydrogens (tertiary/aromatic N) is 1. The number of hydrogen-bond donors (Lipinski definition) is 0. The first-order chi connectivity index (χ1) is 7.58. The van der Waals surface area contributed by atoms with Crippen LogP contribution in [0, 0.1) is 11.8 Å². The maximum atomic E-state index is 11.4. The average Bonchev–Trinajstić information content (AvgIpc) is 2.22. The Hall–Kier alpha value is -0.370. The minimum Gasteiger partial charge on any atom is -0.300 e. The highest BCUT2D eigenvalue weighted by atomic mass is 16.1. The Morgan fingerprint density at radius 1 is 1.12 bits per heavy atom. The minimum absolute atomic E-state index is 0.459. The second-order valence-corrected chi connectivity index (χ2v) is 6.00. The van der Waals surface area contributed by atoms with Crippen LogP contribution in [0.5, 0.6) is 0 Å². The highest BCUT2D eigenvalue weighted by Crippen LogP contribution is 2.34. The SMILES string of the molecule is CC1CCC(N2CCC(=O)CC2C)CC1C. The Morgan fingerprint density at radius 3 is 2.50 bits per heavy atom. The van der Waals surface area contributed by atoms with Crippen molar-refractivity contribution < 1.29 is 4.79 Å². The highest BCUT2D eigenvalue weighted by molar-refractivity contribution is 5.79. The topological polar surface area (TPSA) is 20.3 Å². The van der Waals surface area contributed by atoms with Gasteiger partial charge >= 0.3 is 0 Å².